The molecule has 3 aromatic heterocycles. The van der Waals surface area contributed by atoms with Gasteiger partial charge in [-0.15, -0.1) is 0 Å². The molecule has 0 saturated carbocycles. The third-order valence-electron chi connectivity index (χ3n) is 18.6. The van der Waals surface area contributed by atoms with Crippen LogP contribution in [0.1, 0.15) is 52.7 Å². The molecule has 0 saturated heterocycles. The van der Waals surface area contributed by atoms with Crippen LogP contribution >= 0.6 is 0 Å². The van der Waals surface area contributed by atoms with Crippen LogP contribution in [0.3, 0.4) is 0 Å². The van der Waals surface area contributed by atoms with Gasteiger partial charge in [0.05, 0.1) is 33.3 Å². The van der Waals surface area contributed by atoms with Gasteiger partial charge in [-0.25, -0.2) is 9.97 Å². The van der Waals surface area contributed by atoms with Gasteiger partial charge in [0.25, 0.3) is 6.71 Å². The number of hydrogen-bond donors (Lipinski definition) is 0. The molecule has 6 heteroatoms. The maximum absolute atomic E-state index is 6.01. The monoisotopic (exact) mass is 1030 g/mol. The Bertz CT molecular complexity index is 5530. The van der Waals surface area contributed by atoms with E-state index in [0.29, 0.717) is 0 Å². The lowest BCUT2D eigenvalue weighted by molar-refractivity contribution is 0.590. The van der Waals surface area contributed by atoms with Crippen LogP contribution in [0.25, 0.3) is 136 Å². The summed E-state index contributed by atoms with van der Waals surface area (Å²) in [7, 11) is 0. The lowest BCUT2D eigenvalue weighted by Crippen LogP contribution is -2.60. The van der Waals surface area contributed by atoms with E-state index in [-0.39, 0.29) is 17.5 Å². The van der Waals surface area contributed by atoms with Crippen molar-refractivity contribution < 1.29 is 0 Å². The zero-order valence-electron chi connectivity index (χ0n) is 45.9. The number of rotatable bonds is 1. The van der Waals surface area contributed by atoms with Crippen LogP contribution in [-0.2, 0) is 10.8 Å². The van der Waals surface area contributed by atoms with Gasteiger partial charge < -0.3 is 9.47 Å². The maximum atomic E-state index is 6.01. The van der Waals surface area contributed by atoms with Crippen LogP contribution < -0.4 is 21.3 Å². The van der Waals surface area contributed by atoms with Gasteiger partial charge in [0.1, 0.15) is 5.52 Å². The number of aromatic nitrogens is 4. The molecule has 2 aliphatic rings. The fourth-order valence-electron chi connectivity index (χ4n) is 15.0. The topological polar surface area (TPSA) is 46.8 Å². The van der Waals surface area contributed by atoms with Crippen molar-refractivity contribution in [1.82, 2.24) is 19.5 Å². The highest BCUT2D eigenvalue weighted by Crippen LogP contribution is 2.51. The van der Waals surface area contributed by atoms with Crippen molar-refractivity contribution in [2.45, 2.75) is 52.4 Å². The number of benzene rings is 13. The van der Waals surface area contributed by atoms with Crippen LogP contribution in [0.5, 0.6) is 0 Å². The zero-order chi connectivity index (χ0) is 53.9. The lowest BCUT2D eigenvalue weighted by atomic mass is 9.33. The molecule has 0 unspecified atom stereocenters. The number of fused-ring (bicyclic) bond motifs is 29. The molecule has 0 radical (unpaired) electrons. The normalized spacial score (nSPS) is 13.5. The average molecular weight is 1030 g/mol. The highest BCUT2D eigenvalue weighted by atomic mass is 15.2. The molecule has 380 valence electrons. The minimum atomic E-state index is -0.186. The second kappa shape index (κ2) is 15.6. The van der Waals surface area contributed by atoms with Crippen LogP contribution in [0, 0.1) is 0 Å². The van der Waals surface area contributed by atoms with Crippen molar-refractivity contribution in [2.24, 2.45) is 0 Å². The summed E-state index contributed by atoms with van der Waals surface area (Å²) in [5, 5.41) is 22.1. The smallest absolute Gasteiger partial charge is 0.252 e. The summed E-state index contributed by atoms with van der Waals surface area (Å²) in [5.41, 5.74) is 16.6. The van der Waals surface area contributed by atoms with E-state index in [4.69, 9.17) is 9.97 Å². The van der Waals surface area contributed by atoms with Gasteiger partial charge in [0, 0.05) is 67.2 Å². The predicted molar refractivity (Wildman–Crippen MR) is 346 cm³/mol. The highest BCUT2D eigenvalue weighted by Gasteiger charge is 2.45. The van der Waals surface area contributed by atoms with Crippen molar-refractivity contribution in [3.05, 3.63) is 218 Å². The van der Waals surface area contributed by atoms with Crippen molar-refractivity contribution in [1.29, 1.82) is 0 Å². The fraction of sp³-hybridized carbons (Fsp3) is 0.107. The second-order valence-corrected chi connectivity index (χ2v) is 25.0. The summed E-state index contributed by atoms with van der Waals surface area (Å²) >= 11 is 0. The van der Waals surface area contributed by atoms with Crippen molar-refractivity contribution in [2.75, 3.05) is 4.90 Å². The van der Waals surface area contributed by atoms with E-state index in [9.17, 15) is 0 Å². The molecule has 18 rings (SSSR count). The minimum absolute atomic E-state index is 0.0304. The first-order valence-corrected chi connectivity index (χ1v) is 28.5. The van der Waals surface area contributed by atoms with Gasteiger partial charge in [-0.1, -0.05) is 199 Å². The van der Waals surface area contributed by atoms with E-state index in [1.165, 1.54) is 114 Å². The molecule has 0 fully saturated rings. The molecular formula is C75H52BN5. The Labute approximate surface area is 467 Å². The van der Waals surface area contributed by atoms with E-state index in [1.54, 1.807) is 0 Å². The van der Waals surface area contributed by atoms with E-state index < -0.39 is 0 Å². The Morgan fingerprint density at radius 3 is 1.53 bits per heavy atom. The fourth-order valence-corrected chi connectivity index (χ4v) is 15.0. The zero-order valence-corrected chi connectivity index (χ0v) is 45.9. The maximum Gasteiger partial charge on any atom is 0.252 e. The minimum Gasteiger partial charge on any atom is -0.310 e. The third-order valence-corrected chi connectivity index (χ3v) is 18.6. The molecule has 0 bridgehead atoms. The molecule has 2 aliphatic heterocycles. The summed E-state index contributed by atoms with van der Waals surface area (Å²) in [4.78, 5) is 19.1. The third kappa shape index (κ3) is 5.88. The van der Waals surface area contributed by atoms with E-state index in [2.05, 4.69) is 250 Å². The molecule has 5 heterocycles. The largest absolute Gasteiger partial charge is 0.310 e. The molecule has 0 spiro atoms. The molecule has 13 aromatic carbocycles. The second-order valence-electron chi connectivity index (χ2n) is 25.0. The number of nitrogens with zero attached hydrogens (tertiary/aromatic N) is 5. The first-order valence-electron chi connectivity index (χ1n) is 28.5. The Kier molecular flexibility index (Phi) is 8.71. The van der Waals surface area contributed by atoms with Gasteiger partial charge >= 0.3 is 0 Å². The molecule has 0 amide bonds. The molecular weight excluding hydrogens is 982 g/mol. The first kappa shape index (κ1) is 45.2. The van der Waals surface area contributed by atoms with Gasteiger partial charge in [-0.3, -0.25) is 4.98 Å². The lowest BCUT2D eigenvalue weighted by Gasteiger charge is -2.41. The SMILES string of the molecule is CC(C)(C)c1ccc(N2c3ccc(C(C)(C)C)cc3B3c4c(cc5nc6c7ccccc7c7cnccc7c6nc5c42)-n2c4ccc5c6ccccc6c6ccccc6c5c4c4c5c6ccccc6c6ccccc6c5cc3c42)cc1. The van der Waals surface area contributed by atoms with E-state index >= 15 is 0 Å². The van der Waals surface area contributed by atoms with Gasteiger partial charge in [0.15, 0.2) is 0 Å². The number of anilines is 3. The number of hydrogen-bond acceptors (Lipinski definition) is 4. The number of pyridine rings is 1. The summed E-state index contributed by atoms with van der Waals surface area (Å²) in [6.07, 6.45) is 3.89. The highest BCUT2D eigenvalue weighted by molar-refractivity contribution is 7.01. The Morgan fingerprint density at radius 1 is 0.383 bits per heavy atom. The van der Waals surface area contributed by atoms with E-state index in [0.717, 1.165) is 66.4 Å². The van der Waals surface area contributed by atoms with Crippen molar-refractivity contribution >= 4 is 170 Å². The first-order chi connectivity index (χ1) is 39.5. The van der Waals surface area contributed by atoms with E-state index in [1.807, 2.05) is 12.4 Å². The molecule has 0 N–H and O–H groups in total. The van der Waals surface area contributed by atoms with Crippen molar-refractivity contribution in [3.63, 3.8) is 0 Å². The van der Waals surface area contributed by atoms with Gasteiger partial charge in [0.2, 0.25) is 0 Å². The quantitative estimate of drug-likeness (QED) is 0.0934. The average Bonchev–Trinajstić information content (AvgIpc) is 2.77. The molecule has 0 atom stereocenters. The van der Waals surface area contributed by atoms with Gasteiger partial charge in [-0.05, 0) is 134 Å². The van der Waals surface area contributed by atoms with Crippen LogP contribution in [0.4, 0.5) is 17.1 Å². The molecule has 81 heavy (non-hydrogen) atoms. The summed E-state index contributed by atoms with van der Waals surface area (Å²) in [6.45, 7) is 13.8. The Hall–Kier alpha value is -9.65. The summed E-state index contributed by atoms with van der Waals surface area (Å²) < 4.78 is 2.66. The van der Waals surface area contributed by atoms with Crippen LogP contribution in [0.15, 0.2) is 207 Å². The van der Waals surface area contributed by atoms with Crippen LogP contribution in [-0.4, -0.2) is 26.2 Å². The molecule has 5 nitrogen and oxygen atoms in total. The Morgan fingerprint density at radius 2 is 0.901 bits per heavy atom. The van der Waals surface area contributed by atoms with Crippen molar-refractivity contribution in [3.8, 4) is 5.69 Å². The standard InChI is InChI=1S/C75H52BN5/c1-74(2,3)41-27-30-43(31-28-41)80-61-33-29-42(75(4,5)6)37-58(61)76-59-38-56-49-22-10-8-18-45(49)47-20-12-15-25-52(47)65(56)67-66-62(34-32-53-48-21-9-7-17-44(48)46-19-11-14-24-51(46)64(53)66)81(72(59)67)63-39-60-71(73(80)68(63)76)79-70-55-35-36-77-40-57(55)50-23-13-16-26-54(50)69(70)78-60/h7-40H,1-6H3. The summed E-state index contributed by atoms with van der Waals surface area (Å²) in [5.74, 6) is 0. The predicted octanol–water partition coefficient (Wildman–Crippen LogP) is 17.7. The van der Waals surface area contributed by atoms with Gasteiger partial charge in [-0.2, -0.15) is 0 Å². The molecule has 16 aromatic rings. The Balaban J connectivity index is 1.13. The van der Waals surface area contributed by atoms with Crippen LogP contribution in [0.2, 0.25) is 0 Å². The summed E-state index contributed by atoms with van der Waals surface area (Å²) in [6, 6.07) is 73.7. The molecule has 0 aliphatic carbocycles.